The average Bonchev–Trinajstić information content (AvgIpc) is 2.29. The number of hydrogen-bond donors (Lipinski definition) is 0. The quantitative estimate of drug-likeness (QED) is 0.552. The summed E-state index contributed by atoms with van der Waals surface area (Å²) in [4.78, 5) is 0. The zero-order chi connectivity index (χ0) is 8.39. The molecule has 70 valence electrons. The zero-order valence-corrected chi connectivity index (χ0v) is 8.39. The van der Waals surface area contributed by atoms with Crippen molar-refractivity contribution >= 4 is 0 Å². The van der Waals surface area contributed by atoms with Crippen molar-refractivity contribution in [3.63, 3.8) is 0 Å². The summed E-state index contributed by atoms with van der Waals surface area (Å²) in [6, 6.07) is 0. The second-order valence-electron chi connectivity index (χ2n) is 4.89. The van der Waals surface area contributed by atoms with Crippen molar-refractivity contribution in [1.29, 1.82) is 0 Å². The van der Waals surface area contributed by atoms with Crippen molar-refractivity contribution in [3.8, 4) is 0 Å². The average molecular weight is 166 g/mol. The molecule has 3 atom stereocenters. The van der Waals surface area contributed by atoms with E-state index in [1.807, 2.05) is 0 Å². The standard InChI is InChI=1S/C12H22/c1-2-11-8-7-10-5-3-4-6-12(11)9-10/h10-12H,2-9H2,1H3/t10-,11?,12?/m0/s1. The molecular formula is C12H22. The molecular weight excluding hydrogens is 144 g/mol. The van der Waals surface area contributed by atoms with Gasteiger partial charge in [0, 0.05) is 0 Å². The van der Waals surface area contributed by atoms with Gasteiger partial charge in [0.2, 0.25) is 0 Å². The van der Waals surface area contributed by atoms with Gasteiger partial charge in [0.25, 0.3) is 0 Å². The predicted octanol–water partition coefficient (Wildman–Crippen LogP) is 4.00. The van der Waals surface area contributed by atoms with E-state index in [1.54, 1.807) is 32.1 Å². The highest BCUT2D eigenvalue weighted by Crippen LogP contribution is 2.42. The third kappa shape index (κ3) is 1.67. The SMILES string of the molecule is CCC1CC[C@@H]2CCCCC1C2. The van der Waals surface area contributed by atoms with Crippen molar-refractivity contribution < 1.29 is 0 Å². The second kappa shape index (κ2) is 3.81. The zero-order valence-electron chi connectivity index (χ0n) is 8.39. The lowest BCUT2D eigenvalue weighted by molar-refractivity contribution is 0.177. The van der Waals surface area contributed by atoms with E-state index in [9.17, 15) is 0 Å². The molecule has 0 heterocycles. The fourth-order valence-corrected chi connectivity index (χ4v) is 3.42. The maximum Gasteiger partial charge on any atom is -0.0383 e. The Kier molecular flexibility index (Phi) is 2.73. The largest absolute Gasteiger partial charge is 0.0651 e. The molecule has 0 nitrogen and oxygen atoms in total. The van der Waals surface area contributed by atoms with Gasteiger partial charge in [0.15, 0.2) is 0 Å². The van der Waals surface area contributed by atoms with Crippen LogP contribution < -0.4 is 0 Å². The lowest BCUT2D eigenvalue weighted by atomic mass is 9.72. The van der Waals surface area contributed by atoms with Crippen molar-refractivity contribution in [3.05, 3.63) is 0 Å². The molecule has 2 rings (SSSR count). The van der Waals surface area contributed by atoms with Crippen LogP contribution in [-0.2, 0) is 0 Å². The van der Waals surface area contributed by atoms with E-state index in [4.69, 9.17) is 0 Å². The van der Waals surface area contributed by atoms with Crippen LogP contribution in [0.2, 0.25) is 0 Å². The van der Waals surface area contributed by atoms with Gasteiger partial charge in [-0.25, -0.2) is 0 Å². The molecule has 2 fully saturated rings. The van der Waals surface area contributed by atoms with Crippen molar-refractivity contribution in [2.75, 3.05) is 0 Å². The molecule has 12 heavy (non-hydrogen) atoms. The van der Waals surface area contributed by atoms with Crippen LogP contribution >= 0.6 is 0 Å². The lowest BCUT2D eigenvalue weighted by Crippen LogP contribution is -2.22. The van der Waals surface area contributed by atoms with Crippen LogP contribution in [0.5, 0.6) is 0 Å². The van der Waals surface area contributed by atoms with Gasteiger partial charge in [-0.1, -0.05) is 45.4 Å². The van der Waals surface area contributed by atoms with Crippen LogP contribution in [0.25, 0.3) is 0 Å². The Bertz CT molecular complexity index is 139. The smallest absolute Gasteiger partial charge is 0.0383 e. The summed E-state index contributed by atoms with van der Waals surface area (Å²) in [6.07, 6.45) is 12.3. The first-order valence-electron chi connectivity index (χ1n) is 5.90. The van der Waals surface area contributed by atoms with Crippen LogP contribution in [0.4, 0.5) is 0 Å². The fourth-order valence-electron chi connectivity index (χ4n) is 3.42. The Hall–Kier alpha value is 0. The Morgan fingerprint density at radius 3 is 2.67 bits per heavy atom. The summed E-state index contributed by atoms with van der Waals surface area (Å²) >= 11 is 0. The maximum atomic E-state index is 2.38. The van der Waals surface area contributed by atoms with E-state index in [1.165, 1.54) is 19.3 Å². The van der Waals surface area contributed by atoms with E-state index < -0.39 is 0 Å². The topological polar surface area (TPSA) is 0 Å². The number of hydrogen-bond acceptors (Lipinski definition) is 0. The summed E-state index contributed by atoms with van der Waals surface area (Å²) < 4.78 is 0. The van der Waals surface area contributed by atoms with E-state index in [2.05, 4.69) is 6.92 Å². The summed E-state index contributed by atoms with van der Waals surface area (Å²) in [6.45, 7) is 2.38. The van der Waals surface area contributed by atoms with Gasteiger partial charge in [0.05, 0.1) is 0 Å². The van der Waals surface area contributed by atoms with Crippen LogP contribution in [0, 0.1) is 17.8 Å². The summed E-state index contributed by atoms with van der Waals surface area (Å²) in [5.41, 5.74) is 0. The molecule has 0 heteroatoms. The van der Waals surface area contributed by atoms with Crippen LogP contribution in [0.15, 0.2) is 0 Å². The fraction of sp³-hybridized carbons (Fsp3) is 1.00. The van der Waals surface area contributed by atoms with E-state index in [0.29, 0.717) is 0 Å². The van der Waals surface area contributed by atoms with Gasteiger partial charge < -0.3 is 0 Å². The minimum absolute atomic E-state index is 1.10. The highest BCUT2D eigenvalue weighted by atomic mass is 14.4. The maximum absolute atomic E-state index is 2.38. The molecule has 0 aliphatic heterocycles. The summed E-state index contributed by atoms with van der Waals surface area (Å²) in [5.74, 6) is 3.34. The van der Waals surface area contributed by atoms with Crippen LogP contribution in [-0.4, -0.2) is 0 Å². The molecule has 0 saturated heterocycles. The minimum atomic E-state index is 1.10. The first-order valence-corrected chi connectivity index (χ1v) is 5.90. The first kappa shape index (κ1) is 8.59. The molecule has 0 aromatic heterocycles. The highest BCUT2D eigenvalue weighted by Gasteiger charge is 2.30. The molecule has 2 bridgehead atoms. The van der Waals surface area contributed by atoms with E-state index in [0.717, 1.165) is 17.8 Å². The monoisotopic (exact) mass is 166 g/mol. The van der Waals surface area contributed by atoms with Gasteiger partial charge in [-0.15, -0.1) is 0 Å². The molecule has 2 aliphatic rings. The summed E-state index contributed by atoms with van der Waals surface area (Å²) in [5, 5.41) is 0. The highest BCUT2D eigenvalue weighted by molar-refractivity contribution is 4.81. The number of fused-ring (bicyclic) bond motifs is 2. The Morgan fingerprint density at radius 1 is 1.00 bits per heavy atom. The normalized spacial score (nSPS) is 42.2. The Balaban J connectivity index is 1.98. The van der Waals surface area contributed by atoms with E-state index >= 15 is 0 Å². The summed E-state index contributed by atoms with van der Waals surface area (Å²) in [7, 11) is 0. The molecule has 0 aromatic rings. The molecule has 0 radical (unpaired) electrons. The Labute approximate surface area is 76.7 Å². The molecule has 2 saturated carbocycles. The molecule has 0 aromatic carbocycles. The van der Waals surface area contributed by atoms with E-state index in [-0.39, 0.29) is 0 Å². The molecule has 2 unspecified atom stereocenters. The molecule has 0 amide bonds. The van der Waals surface area contributed by atoms with Gasteiger partial charge in [-0.3, -0.25) is 0 Å². The van der Waals surface area contributed by atoms with Gasteiger partial charge in [-0.05, 0) is 30.6 Å². The lowest BCUT2D eigenvalue weighted by Gasteiger charge is -2.33. The minimum Gasteiger partial charge on any atom is -0.0651 e. The number of rotatable bonds is 1. The Morgan fingerprint density at radius 2 is 1.83 bits per heavy atom. The molecule has 0 N–H and O–H groups in total. The third-order valence-corrected chi connectivity index (χ3v) is 4.21. The van der Waals surface area contributed by atoms with Gasteiger partial charge >= 0.3 is 0 Å². The molecule has 2 aliphatic carbocycles. The van der Waals surface area contributed by atoms with Gasteiger partial charge in [0.1, 0.15) is 0 Å². The van der Waals surface area contributed by atoms with Crippen LogP contribution in [0.1, 0.15) is 58.3 Å². The van der Waals surface area contributed by atoms with Crippen molar-refractivity contribution in [2.24, 2.45) is 17.8 Å². The van der Waals surface area contributed by atoms with Crippen LogP contribution in [0.3, 0.4) is 0 Å². The second-order valence-corrected chi connectivity index (χ2v) is 4.89. The van der Waals surface area contributed by atoms with Crippen molar-refractivity contribution in [1.82, 2.24) is 0 Å². The third-order valence-electron chi connectivity index (χ3n) is 4.21. The first-order chi connectivity index (χ1) is 5.90. The van der Waals surface area contributed by atoms with Gasteiger partial charge in [-0.2, -0.15) is 0 Å². The predicted molar refractivity (Wildman–Crippen MR) is 53.1 cm³/mol. The molecule has 0 spiro atoms. The van der Waals surface area contributed by atoms with Crippen molar-refractivity contribution in [2.45, 2.75) is 58.3 Å².